The molecule has 1 atom stereocenters. The van der Waals surface area contributed by atoms with Gasteiger partial charge in [0.2, 0.25) is 17.7 Å². The molecule has 13 nitrogen and oxygen atoms in total. The van der Waals surface area contributed by atoms with Crippen LogP contribution in [0.3, 0.4) is 0 Å². The van der Waals surface area contributed by atoms with Gasteiger partial charge in [-0.2, -0.15) is 10.2 Å². The summed E-state index contributed by atoms with van der Waals surface area (Å²) in [6.07, 6.45) is 6.69. The van der Waals surface area contributed by atoms with Gasteiger partial charge in [0.1, 0.15) is 11.5 Å². The summed E-state index contributed by atoms with van der Waals surface area (Å²) in [5.41, 5.74) is 3.04. The third-order valence-electron chi connectivity index (χ3n) is 13.0. The van der Waals surface area contributed by atoms with Crippen LogP contribution in [0.4, 0.5) is 5.69 Å². The maximum atomic E-state index is 14.6. The van der Waals surface area contributed by atoms with Gasteiger partial charge in [0.05, 0.1) is 35.1 Å². The highest BCUT2D eigenvalue weighted by atomic mass is 35.5. The first kappa shape index (κ1) is 41.2. The molecule has 2 N–H and O–H groups in total. The topological polar surface area (TPSA) is 149 Å². The third kappa shape index (κ3) is 8.97. The van der Waals surface area contributed by atoms with Crippen molar-refractivity contribution in [2.75, 3.05) is 57.8 Å². The van der Waals surface area contributed by atoms with Crippen molar-refractivity contribution in [3.63, 3.8) is 0 Å². The molecule has 60 heavy (non-hydrogen) atoms. The van der Waals surface area contributed by atoms with Gasteiger partial charge >= 0.3 is 0 Å². The van der Waals surface area contributed by atoms with Crippen molar-refractivity contribution < 1.29 is 29.0 Å². The predicted molar refractivity (Wildman–Crippen MR) is 228 cm³/mol. The number of phenolic OH excluding ortho intramolecular Hbond substituents is 1. The maximum Gasteiger partial charge on any atom is 0.266 e. The van der Waals surface area contributed by atoms with Crippen LogP contribution in [0.25, 0.3) is 11.3 Å². The van der Waals surface area contributed by atoms with Crippen molar-refractivity contribution in [1.29, 1.82) is 0 Å². The molecule has 0 spiro atoms. The summed E-state index contributed by atoms with van der Waals surface area (Å²) in [7, 11) is 1.85. The quantitative estimate of drug-likeness (QED) is 0.189. The minimum absolute atomic E-state index is 0.0473. The van der Waals surface area contributed by atoms with Crippen molar-refractivity contribution >= 4 is 40.9 Å². The van der Waals surface area contributed by atoms with E-state index >= 15 is 0 Å². The second-order valence-corrected chi connectivity index (χ2v) is 17.0. The van der Waals surface area contributed by atoms with Crippen LogP contribution in [0.5, 0.6) is 11.5 Å². The summed E-state index contributed by atoms with van der Waals surface area (Å²) in [5.74, 6) is 0.309. The van der Waals surface area contributed by atoms with Gasteiger partial charge in [-0.25, -0.2) is 0 Å². The van der Waals surface area contributed by atoms with E-state index in [4.69, 9.17) is 16.3 Å². The van der Waals surface area contributed by atoms with E-state index in [1.54, 1.807) is 36.5 Å². The minimum Gasteiger partial charge on any atom is -0.507 e. The molecule has 8 rings (SSSR count). The van der Waals surface area contributed by atoms with Gasteiger partial charge in [-0.15, -0.1) is 0 Å². The molecule has 4 saturated heterocycles. The highest BCUT2D eigenvalue weighted by Gasteiger charge is 2.47. The minimum atomic E-state index is -1.15. The fourth-order valence-electron chi connectivity index (χ4n) is 9.29. The van der Waals surface area contributed by atoms with Gasteiger partial charge in [-0.1, -0.05) is 60.1 Å². The molecule has 1 aromatic heterocycles. The van der Waals surface area contributed by atoms with Crippen LogP contribution >= 0.6 is 11.6 Å². The number of phenols is 1. The van der Waals surface area contributed by atoms with E-state index in [9.17, 15) is 24.3 Å². The van der Waals surface area contributed by atoms with E-state index in [1.165, 1.54) is 5.56 Å². The van der Waals surface area contributed by atoms with E-state index in [1.807, 2.05) is 53.2 Å². The van der Waals surface area contributed by atoms with E-state index in [-0.39, 0.29) is 41.3 Å². The number of anilines is 1. The van der Waals surface area contributed by atoms with Crippen LogP contribution in [0.1, 0.15) is 74.3 Å². The first-order valence-corrected chi connectivity index (χ1v) is 21.5. The Labute approximate surface area is 355 Å². The molecule has 0 bridgehead atoms. The number of nitrogens with zero attached hydrogens (tertiary/aromatic N) is 6. The number of halogens is 1. The molecule has 4 aliphatic heterocycles. The Kier molecular flexibility index (Phi) is 12.4. The van der Waals surface area contributed by atoms with Crippen LogP contribution in [0.15, 0.2) is 85.1 Å². The van der Waals surface area contributed by atoms with Gasteiger partial charge in [0, 0.05) is 64.1 Å². The first-order chi connectivity index (χ1) is 29.1. The lowest BCUT2D eigenvalue weighted by Gasteiger charge is -2.45. The number of amides is 4. The van der Waals surface area contributed by atoms with Crippen molar-refractivity contribution in [2.45, 2.75) is 74.8 Å². The zero-order valence-electron chi connectivity index (χ0n) is 34.0. The monoisotopic (exact) mass is 833 g/mol. The normalized spacial score (nSPS) is 20.4. The number of benzene rings is 3. The summed E-state index contributed by atoms with van der Waals surface area (Å²) >= 11 is 6.58. The fraction of sp³-hybridized carbons (Fsp3) is 0.435. The van der Waals surface area contributed by atoms with E-state index in [0.29, 0.717) is 99.2 Å². The average Bonchev–Trinajstić information content (AvgIpc) is 3.27. The summed E-state index contributed by atoms with van der Waals surface area (Å²) < 4.78 is 6.65. The summed E-state index contributed by atoms with van der Waals surface area (Å²) in [6, 6.07) is 24.4. The molecule has 4 amide bonds. The summed E-state index contributed by atoms with van der Waals surface area (Å²) in [4.78, 5) is 60.3. The Morgan fingerprint density at radius 2 is 1.57 bits per heavy atom. The number of piperidine rings is 4. The molecule has 3 aromatic carbocycles. The SMILES string of the molecule is CN(C(=O)C1(Oc2ccccc2Cl)CCN(c2cnnc(-c3ccccc3O)c2)CC1)C1CCN(C(=O)CN2CCC(c3ccc([C@@H]4CCC(=O)NC4=O)cc3)CC2)CC1. The Hall–Kier alpha value is -5.53. The van der Waals surface area contributed by atoms with Crippen molar-refractivity contribution in [2.24, 2.45) is 0 Å². The lowest BCUT2D eigenvalue weighted by molar-refractivity contribution is -0.152. The Balaban J connectivity index is 0.846. The fourth-order valence-corrected chi connectivity index (χ4v) is 9.47. The first-order valence-electron chi connectivity index (χ1n) is 21.1. The number of hydrogen-bond donors (Lipinski definition) is 2. The molecular formula is C46H52ClN7O6. The zero-order chi connectivity index (χ0) is 41.8. The lowest BCUT2D eigenvalue weighted by atomic mass is 9.86. The molecule has 4 aromatic rings. The number of aromatic nitrogens is 2. The van der Waals surface area contributed by atoms with E-state index in [2.05, 4.69) is 37.4 Å². The number of aromatic hydroxyl groups is 1. The second-order valence-electron chi connectivity index (χ2n) is 16.6. The predicted octanol–water partition coefficient (Wildman–Crippen LogP) is 5.77. The van der Waals surface area contributed by atoms with Gasteiger partial charge in [0.15, 0.2) is 5.60 Å². The van der Waals surface area contributed by atoms with Crippen LogP contribution in [-0.4, -0.2) is 118 Å². The third-order valence-corrected chi connectivity index (χ3v) is 13.3. The van der Waals surface area contributed by atoms with E-state index in [0.717, 1.165) is 37.2 Å². The van der Waals surface area contributed by atoms with Gasteiger partial charge < -0.3 is 24.5 Å². The number of para-hydroxylation sites is 2. The number of imide groups is 1. The van der Waals surface area contributed by atoms with Gasteiger partial charge in [0.25, 0.3) is 5.91 Å². The molecular weight excluding hydrogens is 782 g/mol. The molecule has 5 heterocycles. The van der Waals surface area contributed by atoms with Crippen LogP contribution in [0, 0.1) is 0 Å². The smallest absolute Gasteiger partial charge is 0.266 e. The average molecular weight is 834 g/mol. The maximum absolute atomic E-state index is 14.6. The molecule has 0 aliphatic carbocycles. The van der Waals surface area contributed by atoms with Crippen molar-refractivity contribution in [1.82, 2.24) is 30.2 Å². The van der Waals surface area contributed by atoms with Crippen molar-refractivity contribution in [3.8, 4) is 22.8 Å². The molecule has 0 unspecified atom stereocenters. The van der Waals surface area contributed by atoms with Gasteiger partial charge in [-0.05, 0) is 92.6 Å². The summed E-state index contributed by atoms with van der Waals surface area (Å²) in [5, 5.41) is 21.8. The Bertz CT molecular complexity index is 2200. The highest BCUT2D eigenvalue weighted by Crippen LogP contribution is 2.38. The molecule has 0 radical (unpaired) electrons. The van der Waals surface area contributed by atoms with Gasteiger partial charge in [-0.3, -0.25) is 29.4 Å². The molecule has 4 aliphatic rings. The molecule has 0 saturated carbocycles. The molecule has 4 fully saturated rings. The number of nitrogens with one attached hydrogen (secondary N) is 1. The number of likely N-dealkylation sites (tertiary alicyclic amines) is 2. The Morgan fingerprint density at radius 1 is 0.883 bits per heavy atom. The second kappa shape index (κ2) is 18.0. The largest absolute Gasteiger partial charge is 0.507 e. The number of likely N-dealkylation sites (N-methyl/N-ethyl adjacent to an activating group) is 1. The number of rotatable bonds is 10. The number of hydrogen-bond acceptors (Lipinski definition) is 10. The Morgan fingerprint density at radius 3 is 2.27 bits per heavy atom. The van der Waals surface area contributed by atoms with Crippen LogP contribution < -0.4 is 15.0 Å². The molecule has 314 valence electrons. The zero-order valence-corrected chi connectivity index (χ0v) is 34.7. The number of carbonyl (C=O) groups is 4. The van der Waals surface area contributed by atoms with Crippen LogP contribution in [-0.2, 0) is 19.2 Å². The number of carbonyl (C=O) groups excluding carboxylic acids is 4. The summed E-state index contributed by atoms with van der Waals surface area (Å²) in [6.45, 7) is 4.26. The van der Waals surface area contributed by atoms with Crippen LogP contribution in [0.2, 0.25) is 5.02 Å². The lowest BCUT2D eigenvalue weighted by Crippen LogP contribution is -2.60. The standard InChI is InChI=1S/C46H52ClN7O6/c1-51(34-18-24-54(25-19-34)43(57)30-52-22-16-32(17-23-52)31-10-12-33(13-11-31)36-14-15-42(56)49-44(36)58)45(59)46(60-41-9-5-3-7-38(41)47)20-26-53(27-21-46)35-28-39(50-48-29-35)37-6-2-4-8-40(37)55/h2-13,28-29,32,34,36,55H,14-27,30H2,1H3,(H,49,56,58)/t36-/m0/s1. The number of ether oxygens (including phenoxy) is 1. The molecule has 14 heteroatoms. The highest BCUT2D eigenvalue weighted by molar-refractivity contribution is 6.32. The van der Waals surface area contributed by atoms with E-state index < -0.39 is 5.60 Å². The van der Waals surface area contributed by atoms with Crippen molar-refractivity contribution in [3.05, 3.63) is 101 Å².